The second-order valence-corrected chi connectivity index (χ2v) is 2.85. The summed E-state index contributed by atoms with van der Waals surface area (Å²) in [5.74, 6) is -0.257. The summed E-state index contributed by atoms with van der Waals surface area (Å²) in [6.07, 6.45) is 3.08. The van der Waals surface area contributed by atoms with Gasteiger partial charge >= 0.3 is 25.8 Å². The average molecular weight is 201 g/mol. The van der Waals surface area contributed by atoms with Gasteiger partial charge in [0.1, 0.15) is 0 Å². The third-order valence-corrected chi connectivity index (χ3v) is 2.18. The Labute approximate surface area is 74.1 Å². The average Bonchev–Trinajstić information content (AvgIpc) is 2.13. The first kappa shape index (κ1) is 10.1. The fraction of sp³-hybridized carbons (Fsp3) is 0.857. The van der Waals surface area contributed by atoms with E-state index in [0.29, 0.717) is 5.92 Å². The van der Waals surface area contributed by atoms with E-state index >= 15 is 0 Å². The van der Waals surface area contributed by atoms with Crippen LogP contribution in [0.4, 0.5) is 0 Å². The maximum atomic E-state index is 10.4. The molecule has 0 aliphatic heterocycles. The topological polar surface area (TPSA) is 37.3 Å². The third kappa shape index (κ3) is 2.06. The van der Waals surface area contributed by atoms with Gasteiger partial charge in [-0.05, 0) is 18.8 Å². The van der Waals surface area contributed by atoms with Crippen molar-refractivity contribution in [3.63, 3.8) is 0 Å². The van der Waals surface area contributed by atoms with Crippen molar-refractivity contribution >= 4 is 25.8 Å². The Kier molecular flexibility index (Phi) is 4.13. The molecule has 1 saturated carbocycles. The Bertz CT molecular complexity index is 125. The van der Waals surface area contributed by atoms with Crippen LogP contribution in [0.25, 0.3) is 0 Å². The number of rotatable bonds is 1. The molecule has 1 aliphatic carbocycles. The van der Waals surface area contributed by atoms with Crippen LogP contribution in [0.2, 0.25) is 0 Å². The van der Waals surface area contributed by atoms with Gasteiger partial charge in [0.15, 0.2) is 0 Å². The molecule has 1 fully saturated rings. The summed E-state index contributed by atoms with van der Waals surface area (Å²) in [6, 6.07) is 0. The van der Waals surface area contributed by atoms with Gasteiger partial charge in [0.25, 0.3) is 0 Å². The molecule has 0 radical (unpaired) electrons. The predicted molar refractivity (Wildman–Crippen MR) is 44.1 cm³/mol. The van der Waals surface area contributed by atoms with E-state index in [1.54, 1.807) is 0 Å². The van der Waals surface area contributed by atoms with Crippen LogP contribution in [-0.2, 0) is 4.79 Å². The van der Waals surface area contributed by atoms with Crippen LogP contribution in [0.3, 0.4) is 0 Å². The minimum atomic E-state index is -0.611. The monoisotopic (exact) mass is 200 g/mol. The molecule has 0 aromatic rings. The molecule has 1 rings (SSSR count). The van der Waals surface area contributed by atoms with E-state index in [-0.39, 0.29) is 25.7 Å². The number of hydrogen-bond donors (Lipinski definition) is 1. The Morgan fingerprint density at radius 2 is 2.10 bits per heavy atom. The molecule has 2 nitrogen and oxygen atoms in total. The van der Waals surface area contributed by atoms with Crippen molar-refractivity contribution in [3.05, 3.63) is 0 Å². The Morgan fingerprint density at radius 1 is 1.50 bits per heavy atom. The molecule has 0 aromatic heterocycles. The minimum absolute atomic E-state index is 0. The summed E-state index contributed by atoms with van der Waals surface area (Å²) in [5.41, 5.74) is 0. The van der Waals surface area contributed by atoms with E-state index in [9.17, 15) is 4.79 Å². The van der Waals surface area contributed by atoms with Crippen molar-refractivity contribution in [1.29, 1.82) is 0 Å². The number of carboxylic acids is 1. The molecule has 2 atom stereocenters. The van der Waals surface area contributed by atoms with E-state index in [2.05, 4.69) is 0 Å². The van der Waals surface area contributed by atoms with Gasteiger partial charge < -0.3 is 5.11 Å². The van der Waals surface area contributed by atoms with Crippen molar-refractivity contribution in [3.8, 4) is 0 Å². The fourth-order valence-corrected chi connectivity index (χ4v) is 1.51. The summed E-state index contributed by atoms with van der Waals surface area (Å²) in [4.78, 5) is 10.4. The first-order valence-electron chi connectivity index (χ1n) is 3.44. The zero-order valence-corrected chi connectivity index (χ0v) is 5.63. The molecular weight excluding hydrogens is 186 g/mol. The van der Waals surface area contributed by atoms with Crippen LogP contribution in [0.1, 0.15) is 26.2 Å². The SMILES string of the molecule is CC1CCCC1C(=O)O.[GaH3]. The van der Waals surface area contributed by atoms with Crippen molar-refractivity contribution in [2.75, 3.05) is 0 Å². The van der Waals surface area contributed by atoms with Crippen LogP contribution in [0, 0.1) is 11.8 Å². The van der Waals surface area contributed by atoms with Crippen LogP contribution in [0.15, 0.2) is 0 Å². The van der Waals surface area contributed by atoms with Crippen LogP contribution >= 0.6 is 0 Å². The molecule has 0 aromatic carbocycles. The van der Waals surface area contributed by atoms with Gasteiger partial charge in [-0.2, -0.15) is 0 Å². The number of carboxylic acid groups (broad SMARTS) is 1. The zero-order chi connectivity index (χ0) is 6.85. The first-order valence-corrected chi connectivity index (χ1v) is 3.44. The molecule has 0 saturated heterocycles. The molecular formula is C7H15GaO2. The normalized spacial score (nSPS) is 31.3. The Morgan fingerprint density at radius 3 is 2.30 bits per heavy atom. The number of carbonyl (C=O) groups is 1. The van der Waals surface area contributed by atoms with Crippen molar-refractivity contribution in [2.24, 2.45) is 11.8 Å². The van der Waals surface area contributed by atoms with Crippen molar-refractivity contribution in [2.45, 2.75) is 26.2 Å². The van der Waals surface area contributed by atoms with Gasteiger partial charge in [0, 0.05) is 0 Å². The fourth-order valence-electron chi connectivity index (χ4n) is 1.51. The molecule has 0 spiro atoms. The standard InChI is InChI=1S/C7H12O2.Ga.3H/c1-5-3-2-4-6(5)7(8)9;;;;/h5-6H,2-4H2,1H3,(H,8,9);;;;. The summed E-state index contributed by atoms with van der Waals surface area (Å²) in [6.45, 7) is 2.02. The molecule has 0 amide bonds. The Balaban J connectivity index is 0.000000810. The summed E-state index contributed by atoms with van der Waals surface area (Å²) in [7, 11) is 0. The van der Waals surface area contributed by atoms with Gasteiger partial charge in [-0.3, -0.25) is 4.79 Å². The Hall–Kier alpha value is 0.106. The number of aliphatic carboxylic acids is 1. The van der Waals surface area contributed by atoms with Crippen molar-refractivity contribution in [1.82, 2.24) is 0 Å². The van der Waals surface area contributed by atoms with Gasteiger partial charge in [-0.25, -0.2) is 0 Å². The molecule has 3 heteroatoms. The van der Waals surface area contributed by atoms with E-state index in [0.717, 1.165) is 19.3 Å². The molecule has 0 bridgehead atoms. The quantitative estimate of drug-likeness (QED) is 0.620. The second kappa shape index (κ2) is 4.08. The van der Waals surface area contributed by atoms with Gasteiger partial charge in [0.2, 0.25) is 0 Å². The van der Waals surface area contributed by atoms with E-state index in [1.807, 2.05) is 6.92 Å². The maximum absolute atomic E-state index is 10.4. The molecule has 10 heavy (non-hydrogen) atoms. The van der Waals surface area contributed by atoms with Gasteiger partial charge in [0.05, 0.1) is 5.92 Å². The van der Waals surface area contributed by atoms with E-state index in [1.165, 1.54) is 0 Å². The molecule has 2 unspecified atom stereocenters. The first-order chi connectivity index (χ1) is 4.22. The predicted octanol–water partition coefficient (Wildman–Crippen LogP) is 0.323. The summed E-state index contributed by atoms with van der Waals surface area (Å²) >= 11 is 0. The summed E-state index contributed by atoms with van der Waals surface area (Å²) < 4.78 is 0. The van der Waals surface area contributed by atoms with Gasteiger partial charge in [-0.15, -0.1) is 0 Å². The molecule has 1 aliphatic rings. The van der Waals surface area contributed by atoms with Crippen LogP contribution < -0.4 is 0 Å². The van der Waals surface area contributed by atoms with E-state index in [4.69, 9.17) is 5.11 Å². The second-order valence-electron chi connectivity index (χ2n) is 2.85. The van der Waals surface area contributed by atoms with Crippen LogP contribution in [-0.4, -0.2) is 30.9 Å². The van der Waals surface area contributed by atoms with Crippen LogP contribution in [0.5, 0.6) is 0 Å². The van der Waals surface area contributed by atoms with Crippen molar-refractivity contribution < 1.29 is 9.90 Å². The van der Waals surface area contributed by atoms with E-state index < -0.39 is 5.97 Å². The zero-order valence-electron chi connectivity index (χ0n) is 5.63. The van der Waals surface area contributed by atoms with Gasteiger partial charge in [-0.1, -0.05) is 13.3 Å². The third-order valence-electron chi connectivity index (χ3n) is 2.18. The molecule has 0 heterocycles. The molecule has 58 valence electrons. The number of hydrogen-bond acceptors (Lipinski definition) is 1. The molecule has 1 N–H and O–H groups in total. The summed E-state index contributed by atoms with van der Waals surface area (Å²) in [5, 5.41) is 8.58.